The molecule has 0 aliphatic rings. The van der Waals surface area contributed by atoms with Crippen LogP contribution in [0.2, 0.25) is 0 Å². The maximum atomic E-state index is 11.2. The Morgan fingerprint density at radius 2 is 1.89 bits per heavy atom. The van der Waals surface area contributed by atoms with Crippen molar-refractivity contribution in [1.82, 2.24) is 10.2 Å². The van der Waals surface area contributed by atoms with Gasteiger partial charge in [-0.25, -0.2) is 4.79 Å². The zero-order valence-corrected chi connectivity index (χ0v) is 10.5. The van der Waals surface area contributed by atoms with Gasteiger partial charge in [-0.15, -0.1) is 10.2 Å². The van der Waals surface area contributed by atoms with Crippen LogP contribution < -0.4 is 4.74 Å². The van der Waals surface area contributed by atoms with E-state index in [1.807, 2.05) is 32.9 Å². The molecule has 1 aromatic carbocycles. The molecule has 0 atom stereocenters. The van der Waals surface area contributed by atoms with Crippen molar-refractivity contribution in [3.63, 3.8) is 0 Å². The van der Waals surface area contributed by atoms with Gasteiger partial charge in [-0.3, -0.25) is 0 Å². The Morgan fingerprint density at radius 1 is 1.22 bits per heavy atom. The van der Waals surface area contributed by atoms with Crippen LogP contribution in [0.25, 0.3) is 10.9 Å². The Balaban J connectivity index is 2.70. The van der Waals surface area contributed by atoms with E-state index in [1.165, 1.54) is 0 Å². The number of fused-ring (bicyclic) bond motifs is 1. The van der Waals surface area contributed by atoms with E-state index in [9.17, 15) is 4.79 Å². The Kier molecular flexibility index (Phi) is 2.90. The summed E-state index contributed by atoms with van der Waals surface area (Å²) in [5.41, 5.74) is -0.0545. The van der Waals surface area contributed by atoms with Crippen LogP contribution in [0.4, 0.5) is 0 Å². The van der Waals surface area contributed by atoms with Gasteiger partial charge in [-0.1, -0.05) is 12.1 Å². The summed E-state index contributed by atoms with van der Waals surface area (Å²) in [6.45, 7) is 5.56. The van der Waals surface area contributed by atoms with Gasteiger partial charge in [-0.05, 0) is 32.9 Å². The number of rotatable bonds is 2. The lowest BCUT2D eigenvalue weighted by molar-refractivity contribution is 0.0673. The van der Waals surface area contributed by atoms with Crippen LogP contribution in [-0.2, 0) is 0 Å². The van der Waals surface area contributed by atoms with Crippen LogP contribution in [0.3, 0.4) is 0 Å². The Hall–Kier alpha value is -2.17. The number of carboxylic acid groups (broad SMARTS) is 1. The van der Waals surface area contributed by atoms with Crippen LogP contribution >= 0.6 is 0 Å². The minimum Gasteiger partial charge on any atom is -0.485 e. The van der Waals surface area contributed by atoms with Gasteiger partial charge < -0.3 is 9.84 Å². The van der Waals surface area contributed by atoms with Gasteiger partial charge in [0.2, 0.25) is 5.69 Å². The predicted molar refractivity (Wildman–Crippen MR) is 66.9 cm³/mol. The number of benzene rings is 1. The molecule has 5 heteroatoms. The van der Waals surface area contributed by atoms with E-state index < -0.39 is 11.6 Å². The number of hydrogen-bond acceptors (Lipinski definition) is 4. The van der Waals surface area contributed by atoms with E-state index in [-0.39, 0.29) is 11.4 Å². The molecule has 1 N–H and O–H groups in total. The average Bonchev–Trinajstić information content (AvgIpc) is 2.27. The second-order valence-corrected chi connectivity index (χ2v) is 4.91. The van der Waals surface area contributed by atoms with Crippen molar-refractivity contribution in [2.24, 2.45) is 0 Å². The first-order valence-corrected chi connectivity index (χ1v) is 5.56. The topological polar surface area (TPSA) is 72.3 Å². The third-order valence-corrected chi connectivity index (χ3v) is 2.23. The number of hydrogen-bond donors (Lipinski definition) is 1. The summed E-state index contributed by atoms with van der Waals surface area (Å²) in [6, 6.07) is 7.17. The maximum absolute atomic E-state index is 11.2. The Bertz CT molecular complexity index is 603. The van der Waals surface area contributed by atoms with Crippen LogP contribution in [0, 0.1) is 0 Å². The van der Waals surface area contributed by atoms with Crippen molar-refractivity contribution in [3.8, 4) is 5.75 Å². The molecule has 0 radical (unpaired) electrons. The standard InChI is InChI=1S/C13H14N2O3/c1-13(2,3)18-11-8-6-4-5-7-9(8)14-15-10(11)12(16)17/h4-7H,1-3H3,(H,16,17). The third kappa shape index (κ3) is 2.40. The highest BCUT2D eigenvalue weighted by Crippen LogP contribution is 2.29. The van der Waals surface area contributed by atoms with Gasteiger partial charge in [0.15, 0.2) is 5.75 Å². The second kappa shape index (κ2) is 4.25. The lowest BCUT2D eigenvalue weighted by Crippen LogP contribution is -2.25. The summed E-state index contributed by atoms with van der Waals surface area (Å²) in [6.07, 6.45) is 0. The van der Waals surface area contributed by atoms with Gasteiger partial charge >= 0.3 is 5.97 Å². The smallest absolute Gasteiger partial charge is 0.360 e. The molecule has 94 valence electrons. The van der Waals surface area contributed by atoms with E-state index in [2.05, 4.69) is 10.2 Å². The van der Waals surface area contributed by atoms with Gasteiger partial charge in [0.05, 0.1) is 5.52 Å². The number of ether oxygens (including phenoxy) is 1. The van der Waals surface area contributed by atoms with Crippen molar-refractivity contribution in [3.05, 3.63) is 30.0 Å². The molecule has 0 aliphatic heterocycles. The predicted octanol–water partition coefficient (Wildman–Crippen LogP) is 2.51. The molecule has 18 heavy (non-hydrogen) atoms. The number of carboxylic acids is 1. The summed E-state index contributed by atoms with van der Waals surface area (Å²) in [5.74, 6) is -0.881. The van der Waals surface area contributed by atoms with E-state index in [4.69, 9.17) is 9.84 Å². The first-order valence-electron chi connectivity index (χ1n) is 5.56. The lowest BCUT2D eigenvalue weighted by atomic mass is 10.1. The molecule has 1 aromatic heterocycles. The SMILES string of the molecule is CC(C)(C)Oc1c(C(=O)O)nnc2ccccc12. The molecule has 2 aromatic rings. The minimum atomic E-state index is -1.15. The maximum Gasteiger partial charge on any atom is 0.360 e. The summed E-state index contributed by atoms with van der Waals surface area (Å²) in [4.78, 5) is 11.2. The van der Waals surface area contributed by atoms with Gasteiger partial charge in [0.25, 0.3) is 0 Å². The molecule has 0 bridgehead atoms. The molecule has 0 fully saturated rings. The number of nitrogens with zero attached hydrogens (tertiary/aromatic N) is 2. The number of aromatic nitrogens is 2. The quantitative estimate of drug-likeness (QED) is 0.881. The Labute approximate surface area is 104 Å². The van der Waals surface area contributed by atoms with Crippen LogP contribution in [0.1, 0.15) is 31.3 Å². The average molecular weight is 246 g/mol. The fourth-order valence-corrected chi connectivity index (χ4v) is 1.58. The van der Waals surface area contributed by atoms with Crippen molar-refractivity contribution < 1.29 is 14.6 Å². The van der Waals surface area contributed by atoms with Crippen molar-refractivity contribution in [2.45, 2.75) is 26.4 Å². The number of aromatic carboxylic acids is 1. The van der Waals surface area contributed by atoms with Crippen molar-refractivity contribution >= 4 is 16.9 Å². The molecule has 0 saturated heterocycles. The molecular weight excluding hydrogens is 232 g/mol. The van der Waals surface area contributed by atoms with E-state index in [1.54, 1.807) is 12.1 Å². The first-order chi connectivity index (χ1) is 8.38. The number of carbonyl (C=O) groups is 1. The van der Waals surface area contributed by atoms with Crippen LogP contribution in [0.5, 0.6) is 5.75 Å². The van der Waals surface area contributed by atoms with Crippen LogP contribution in [-0.4, -0.2) is 26.9 Å². The van der Waals surface area contributed by atoms with Crippen molar-refractivity contribution in [1.29, 1.82) is 0 Å². The zero-order valence-electron chi connectivity index (χ0n) is 10.5. The summed E-state index contributed by atoms with van der Waals surface area (Å²) < 4.78 is 5.72. The largest absolute Gasteiger partial charge is 0.485 e. The summed E-state index contributed by atoms with van der Waals surface area (Å²) >= 11 is 0. The normalized spacial score (nSPS) is 11.5. The Morgan fingerprint density at radius 3 is 2.50 bits per heavy atom. The molecule has 0 aliphatic carbocycles. The molecule has 1 heterocycles. The second-order valence-electron chi connectivity index (χ2n) is 4.91. The third-order valence-electron chi connectivity index (χ3n) is 2.23. The molecule has 2 rings (SSSR count). The first kappa shape index (κ1) is 12.3. The highest BCUT2D eigenvalue weighted by Gasteiger charge is 2.22. The zero-order chi connectivity index (χ0) is 13.3. The molecule has 0 unspecified atom stereocenters. The van der Waals surface area contributed by atoms with Gasteiger partial charge in [0.1, 0.15) is 5.60 Å². The highest BCUT2D eigenvalue weighted by atomic mass is 16.5. The highest BCUT2D eigenvalue weighted by molar-refractivity contribution is 5.96. The monoisotopic (exact) mass is 246 g/mol. The summed E-state index contributed by atoms with van der Waals surface area (Å²) in [7, 11) is 0. The van der Waals surface area contributed by atoms with Gasteiger partial charge in [-0.2, -0.15) is 0 Å². The fourth-order valence-electron chi connectivity index (χ4n) is 1.58. The molecule has 0 saturated carbocycles. The lowest BCUT2D eigenvalue weighted by Gasteiger charge is -2.22. The van der Waals surface area contributed by atoms with E-state index in [0.29, 0.717) is 10.9 Å². The molecule has 0 amide bonds. The molecule has 0 spiro atoms. The fraction of sp³-hybridized carbons (Fsp3) is 0.308. The van der Waals surface area contributed by atoms with Gasteiger partial charge in [0, 0.05) is 5.39 Å². The molecular formula is C13H14N2O3. The van der Waals surface area contributed by atoms with Crippen molar-refractivity contribution in [2.75, 3.05) is 0 Å². The molecule has 5 nitrogen and oxygen atoms in total. The minimum absolute atomic E-state index is 0.163. The summed E-state index contributed by atoms with van der Waals surface area (Å²) in [5, 5.41) is 17.4. The van der Waals surface area contributed by atoms with E-state index >= 15 is 0 Å². The van der Waals surface area contributed by atoms with Crippen LogP contribution in [0.15, 0.2) is 24.3 Å². The van der Waals surface area contributed by atoms with E-state index in [0.717, 1.165) is 0 Å².